The van der Waals surface area contributed by atoms with Crippen LogP contribution in [0.3, 0.4) is 0 Å². The van der Waals surface area contributed by atoms with Crippen LogP contribution in [0.5, 0.6) is 0 Å². The topological polar surface area (TPSA) is 59.5 Å². The standard InChI is InChI=1S/C24H17FN2O3/c1-24(2)21-18(8-5-11-26-21)27(23(24)29)19-12-14(9-10-17(19)25)13-20-15-6-3-4-7-16(15)22(28)30-20/h3-13H,1-2H3. The van der Waals surface area contributed by atoms with Gasteiger partial charge >= 0.3 is 5.97 Å². The predicted octanol–water partition coefficient (Wildman–Crippen LogP) is 4.85. The van der Waals surface area contributed by atoms with Crippen molar-refractivity contribution in [3.63, 3.8) is 0 Å². The smallest absolute Gasteiger partial charge is 0.344 e. The van der Waals surface area contributed by atoms with E-state index >= 15 is 0 Å². The SMILES string of the molecule is CC1(C)C(=O)N(c2cc(C=C3OC(=O)c4ccccc43)ccc2F)c2cccnc21. The maximum absolute atomic E-state index is 14.8. The van der Waals surface area contributed by atoms with Crippen LogP contribution in [0.15, 0.2) is 60.8 Å². The van der Waals surface area contributed by atoms with Crippen molar-refractivity contribution in [2.45, 2.75) is 19.3 Å². The molecule has 0 atom stereocenters. The molecule has 148 valence electrons. The molecule has 2 aliphatic heterocycles. The summed E-state index contributed by atoms with van der Waals surface area (Å²) in [6, 6.07) is 15.0. The lowest BCUT2D eigenvalue weighted by atomic mass is 9.90. The number of amides is 1. The van der Waals surface area contributed by atoms with E-state index in [2.05, 4.69) is 4.98 Å². The summed E-state index contributed by atoms with van der Waals surface area (Å²) in [4.78, 5) is 30.9. The van der Waals surface area contributed by atoms with Gasteiger partial charge in [-0.25, -0.2) is 9.18 Å². The molecule has 6 heteroatoms. The van der Waals surface area contributed by atoms with Crippen LogP contribution in [0.1, 0.15) is 41.0 Å². The fourth-order valence-electron chi connectivity index (χ4n) is 3.92. The molecule has 0 radical (unpaired) electrons. The van der Waals surface area contributed by atoms with Crippen LogP contribution in [0.4, 0.5) is 15.8 Å². The average molecular weight is 400 g/mol. The Morgan fingerprint density at radius 2 is 1.77 bits per heavy atom. The number of cyclic esters (lactones) is 1. The number of carbonyl (C=O) groups is 2. The number of benzene rings is 2. The Kier molecular flexibility index (Phi) is 3.86. The third-order valence-electron chi connectivity index (χ3n) is 5.48. The van der Waals surface area contributed by atoms with Crippen LogP contribution in [-0.2, 0) is 14.9 Å². The molecule has 5 nitrogen and oxygen atoms in total. The lowest BCUT2D eigenvalue weighted by Gasteiger charge is -2.21. The van der Waals surface area contributed by atoms with Gasteiger partial charge in [0.05, 0.1) is 28.0 Å². The summed E-state index contributed by atoms with van der Waals surface area (Å²) in [6.45, 7) is 3.56. The maximum atomic E-state index is 14.8. The molecule has 30 heavy (non-hydrogen) atoms. The van der Waals surface area contributed by atoms with Crippen LogP contribution >= 0.6 is 0 Å². The van der Waals surface area contributed by atoms with Gasteiger partial charge in [-0.2, -0.15) is 0 Å². The lowest BCUT2D eigenvalue weighted by molar-refractivity contribution is -0.121. The van der Waals surface area contributed by atoms with E-state index in [0.717, 1.165) is 0 Å². The van der Waals surface area contributed by atoms with Crippen molar-refractivity contribution >= 4 is 35.1 Å². The van der Waals surface area contributed by atoms with Crippen molar-refractivity contribution in [2.75, 3.05) is 4.90 Å². The summed E-state index contributed by atoms with van der Waals surface area (Å²) in [7, 11) is 0. The number of ether oxygens (including phenoxy) is 1. The summed E-state index contributed by atoms with van der Waals surface area (Å²) < 4.78 is 20.2. The molecule has 0 fully saturated rings. The average Bonchev–Trinajstić information content (AvgIpc) is 3.16. The van der Waals surface area contributed by atoms with Gasteiger partial charge in [0.1, 0.15) is 11.6 Å². The molecule has 0 aliphatic carbocycles. The zero-order valence-corrected chi connectivity index (χ0v) is 16.3. The van der Waals surface area contributed by atoms with Crippen molar-refractivity contribution in [1.82, 2.24) is 4.98 Å². The molecule has 0 N–H and O–H groups in total. The first-order valence-corrected chi connectivity index (χ1v) is 9.51. The van der Waals surface area contributed by atoms with Gasteiger partial charge in [0.2, 0.25) is 5.91 Å². The molecule has 0 bridgehead atoms. The molecule has 1 aromatic heterocycles. The van der Waals surface area contributed by atoms with E-state index in [0.29, 0.717) is 33.8 Å². The zero-order chi connectivity index (χ0) is 21.0. The second kappa shape index (κ2) is 6.35. The first kappa shape index (κ1) is 18.2. The second-order valence-corrected chi connectivity index (χ2v) is 7.79. The summed E-state index contributed by atoms with van der Waals surface area (Å²) in [6.07, 6.45) is 3.29. The maximum Gasteiger partial charge on any atom is 0.344 e. The number of halogens is 1. The molecule has 0 unspecified atom stereocenters. The molecule has 2 aliphatic rings. The highest BCUT2D eigenvalue weighted by atomic mass is 19.1. The van der Waals surface area contributed by atoms with Gasteiger partial charge in [0, 0.05) is 11.8 Å². The zero-order valence-electron chi connectivity index (χ0n) is 16.3. The normalized spacial score (nSPS) is 17.8. The van der Waals surface area contributed by atoms with Crippen molar-refractivity contribution in [2.24, 2.45) is 0 Å². The number of nitrogens with zero attached hydrogens (tertiary/aromatic N) is 2. The van der Waals surface area contributed by atoms with Crippen LogP contribution in [0.25, 0.3) is 11.8 Å². The highest BCUT2D eigenvalue weighted by Crippen LogP contribution is 2.45. The fourth-order valence-corrected chi connectivity index (χ4v) is 3.92. The van der Waals surface area contributed by atoms with Crippen molar-refractivity contribution in [1.29, 1.82) is 0 Å². The van der Waals surface area contributed by atoms with Crippen molar-refractivity contribution in [3.05, 3.63) is 89.0 Å². The number of aromatic nitrogens is 1. The van der Waals surface area contributed by atoms with E-state index in [1.807, 2.05) is 6.07 Å². The number of hydrogen-bond acceptors (Lipinski definition) is 4. The Hall–Kier alpha value is -3.80. The highest BCUT2D eigenvalue weighted by Gasteiger charge is 2.46. The van der Waals surface area contributed by atoms with Gasteiger partial charge < -0.3 is 4.74 Å². The number of esters is 1. The van der Waals surface area contributed by atoms with E-state index in [1.165, 1.54) is 11.0 Å². The van der Waals surface area contributed by atoms with Crippen LogP contribution in [0.2, 0.25) is 0 Å². The van der Waals surface area contributed by atoms with Crippen LogP contribution < -0.4 is 4.90 Å². The molecule has 0 spiro atoms. The summed E-state index contributed by atoms with van der Waals surface area (Å²) >= 11 is 0. The number of pyridine rings is 1. The first-order valence-electron chi connectivity index (χ1n) is 9.51. The summed E-state index contributed by atoms with van der Waals surface area (Å²) in [5.74, 6) is -0.807. The molecule has 3 aromatic rings. The predicted molar refractivity (Wildman–Crippen MR) is 111 cm³/mol. The monoisotopic (exact) mass is 400 g/mol. The molecule has 0 saturated carbocycles. The first-order chi connectivity index (χ1) is 14.4. The Morgan fingerprint density at radius 3 is 2.57 bits per heavy atom. The molecule has 1 amide bonds. The van der Waals surface area contributed by atoms with Gasteiger partial charge in [-0.05, 0) is 55.8 Å². The van der Waals surface area contributed by atoms with E-state index in [4.69, 9.17) is 4.74 Å². The van der Waals surface area contributed by atoms with E-state index < -0.39 is 17.2 Å². The Balaban J connectivity index is 1.61. The minimum Gasteiger partial charge on any atom is -0.422 e. The summed E-state index contributed by atoms with van der Waals surface area (Å²) in [5.41, 5.74) is 2.22. The Bertz CT molecular complexity index is 1260. The molecule has 5 rings (SSSR count). The number of fused-ring (bicyclic) bond motifs is 2. The van der Waals surface area contributed by atoms with Gasteiger partial charge in [-0.1, -0.05) is 24.3 Å². The van der Waals surface area contributed by atoms with Crippen molar-refractivity contribution < 1.29 is 18.7 Å². The second-order valence-electron chi connectivity index (χ2n) is 7.79. The third-order valence-corrected chi connectivity index (χ3v) is 5.48. The lowest BCUT2D eigenvalue weighted by Crippen LogP contribution is -2.33. The molecular formula is C24H17FN2O3. The Morgan fingerprint density at radius 1 is 1.00 bits per heavy atom. The van der Waals surface area contributed by atoms with Crippen LogP contribution in [-0.4, -0.2) is 16.9 Å². The number of anilines is 2. The minimum absolute atomic E-state index is 0.131. The van der Waals surface area contributed by atoms with Gasteiger partial charge in [-0.15, -0.1) is 0 Å². The third kappa shape index (κ3) is 2.57. The molecular weight excluding hydrogens is 383 g/mol. The molecule has 0 saturated heterocycles. The van der Waals surface area contributed by atoms with Gasteiger partial charge in [-0.3, -0.25) is 14.7 Å². The van der Waals surface area contributed by atoms with E-state index in [1.54, 1.807) is 68.6 Å². The van der Waals surface area contributed by atoms with Crippen molar-refractivity contribution in [3.8, 4) is 0 Å². The van der Waals surface area contributed by atoms with Gasteiger partial charge in [0.15, 0.2) is 0 Å². The Labute approximate surface area is 172 Å². The summed E-state index contributed by atoms with van der Waals surface area (Å²) in [5, 5.41) is 0. The molecule has 2 aromatic carbocycles. The highest BCUT2D eigenvalue weighted by molar-refractivity contribution is 6.12. The fraction of sp³-hybridized carbons (Fsp3) is 0.125. The van der Waals surface area contributed by atoms with E-state index in [9.17, 15) is 14.0 Å². The largest absolute Gasteiger partial charge is 0.422 e. The number of hydrogen-bond donors (Lipinski definition) is 0. The van der Waals surface area contributed by atoms with Gasteiger partial charge in [0.25, 0.3) is 0 Å². The quantitative estimate of drug-likeness (QED) is 0.578. The van der Waals surface area contributed by atoms with Crippen LogP contribution in [0, 0.1) is 5.82 Å². The number of rotatable bonds is 2. The minimum atomic E-state index is -0.864. The number of carbonyl (C=O) groups excluding carboxylic acids is 2. The molecule has 3 heterocycles. The van der Waals surface area contributed by atoms with E-state index in [-0.39, 0.29) is 11.6 Å².